The number of nitrogens with one attached hydrogen (secondary N) is 1. The van der Waals surface area contributed by atoms with Gasteiger partial charge >= 0.3 is 18.4 Å². The lowest BCUT2D eigenvalue weighted by atomic mass is 10.2. The minimum atomic E-state index is -4.53. The van der Waals surface area contributed by atoms with Crippen LogP contribution in [0.5, 0.6) is 5.75 Å². The number of carbonyl (C=O) groups is 2. The molecule has 2 amide bonds. The molecule has 0 spiro atoms. The summed E-state index contributed by atoms with van der Waals surface area (Å²) in [5.41, 5.74) is -0.508. The predicted molar refractivity (Wildman–Crippen MR) is 102 cm³/mol. The Labute approximate surface area is 165 Å². The third-order valence-corrected chi connectivity index (χ3v) is 3.64. The van der Waals surface area contributed by atoms with Crippen LogP contribution in [0.2, 0.25) is 0 Å². The van der Waals surface area contributed by atoms with Gasteiger partial charge in [-0.05, 0) is 37.3 Å². The molecule has 2 rings (SSSR count). The van der Waals surface area contributed by atoms with Crippen LogP contribution in [-0.4, -0.2) is 25.3 Å². The zero-order valence-corrected chi connectivity index (χ0v) is 15.5. The van der Waals surface area contributed by atoms with Gasteiger partial charge in [-0.2, -0.15) is 13.2 Å². The van der Waals surface area contributed by atoms with Crippen LogP contribution in [0.1, 0.15) is 12.5 Å². The molecule has 154 valence electrons. The number of nitrogens with zero attached hydrogens (tertiary/aromatic N) is 1. The number of carbonyl (C=O) groups excluding carboxylic acids is 2. The van der Waals surface area contributed by atoms with Crippen LogP contribution in [-0.2, 0) is 10.9 Å². The Morgan fingerprint density at radius 3 is 2.55 bits per heavy atom. The molecule has 0 aliphatic rings. The van der Waals surface area contributed by atoms with E-state index in [0.29, 0.717) is 5.69 Å². The molecule has 0 saturated carbocycles. The zero-order chi connectivity index (χ0) is 21.4. The van der Waals surface area contributed by atoms with Gasteiger partial charge in [0, 0.05) is 24.0 Å². The molecule has 1 N–H and O–H groups in total. The molecule has 29 heavy (non-hydrogen) atoms. The normalized spacial score (nSPS) is 10.8. The van der Waals surface area contributed by atoms with Crippen molar-refractivity contribution in [2.24, 2.45) is 0 Å². The highest BCUT2D eigenvalue weighted by molar-refractivity contribution is 5.90. The number of ether oxygens (including phenoxy) is 2. The van der Waals surface area contributed by atoms with Gasteiger partial charge in [0.1, 0.15) is 12.4 Å². The lowest BCUT2D eigenvalue weighted by Crippen LogP contribution is -2.33. The highest BCUT2D eigenvalue weighted by Gasteiger charge is 2.31. The third kappa shape index (κ3) is 6.27. The van der Waals surface area contributed by atoms with E-state index in [0.717, 1.165) is 17.0 Å². The van der Waals surface area contributed by atoms with E-state index in [-0.39, 0.29) is 24.6 Å². The highest BCUT2D eigenvalue weighted by Crippen LogP contribution is 2.32. The van der Waals surface area contributed by atoms with E-state index >= 15 is 0 Å². The van der Waals surface area contributed by atoms with Crippen molar-refractivity contribution >= 4 is 23.6 Å². The van der Waals surface area contributed by atoms with Gasteiger partial charge < -0.3 is 9.47 Å². The molecule has 0 unspecified atom stereocenters. The van der Waals surface area contributed by atoms with Crippen LogP contribution in [0, 0.1) is 0 Å². The Bertz CT molecular complexity index is 884. The van der Waals surface area contributed by atoms with E-state index < -0.39 is 23.9 Å². The van der Waals surface area contributed by atoms with Crippen molar-refractivity contribution in [3.05, 3.63) is 66.7 Å². The van der Waals surface area contributed by atoms with Gasteiger partial charge in [-0.25, -0.2) is 9.59 Å². The topological polar surface area (TPSA) is 67.9 Å². The van der Waals surface area contributed by atoms with Gasteiger partial charge in [-0.15, -0.1) is 0 Å². The average Bonchev–Trinajstić information content (AvgIpc) is 2.67. The van der Waals surface area contributed by atoms with Crippen LogP contribution < -0.4 is 15.0 Å². The molecule has 0 aromatic heterocycles. The Morgan fingerprint density at radius 1 is 1.17 bits per heavy atom. The van der Waals surface area contributed by atoms with Gasteiger partial charge in [-0.3, -0.25) is 10.2 Å². The molecule has 0 radical (unpaired) electrons. The van der Waals surface area contributed by atoms with E-state index in [9.17, 15) is 22.8 Å². The summed E-state index contributed by atoms with van der Waals surface area (Å²) in [7, 11) is 0. The Balaban J connectivity index is 2.13. The summed E-state index contributed by atoms with van der Waals surface area (Å²) in [6.45, 7) is 5.15. The van der Waals surface area contributed by atoms with Crippen LogP contribution in [0.4, 0.5) is 34.1 Å². The number of amides is 2. The molecular formula is C20H19F3N2O4. The summed E-state index contributed by atoms with van der Waals surface area (Å²) < 4.78 is 48.8. The Kier molecular flexibility index (Phi) is 7.24. The van der Waals surface area contributed by atoms with E-state index in [1.807, 2.05) is 0 Å². The van der Waals surface area contributed by atoms with Gasteiger partial charge in [0.05, 0.1) is 5.56 Å². The summed E-state index contributed by atoms with van der Waals surface area (Å²) in [6, 6.07) is 10.3. The van der Waals surface area contributed by atoms with Crippen molar-refractivity contribution in [2.45, 2.75) is 13.1 Å². The molecule has 0 aliphatic carbocycles. The van der Waals surface area contributed by atoms with E-state index in [1.54, 1.807) is 13.0 Å². The standard InChI is InChI=1S/C20H19F3N2O4/c1-3-11-28-18(26)24-15-8-6-10-17(13-15)29-19(27)25(4-2)16-9-5-7-14(12-16)20(21,22)23/h3,5-10,12-13H,1,4,11H2,2H3,(H,24,26). The minimum absolute atomic E-state index is 0.0307. The second kappa shape index (κ2) is 9.63. The quantitative estimate of drug-likeness (QED) is 0.644. The third-order valence-electron chi connectivity index (χ3n) is 3.64. The lowest BCUT2D eigenvalue weighted by molar-refractivity contribution is -0.137. The number of halogens is 3. The van der Waals surface area contributed by atoms with E-state index in [2.05, 4.69) is 11.9 Å². The fourth-order valence-corrected chi connectivity index (χ4v) is 2.35. The smallest absolute Gasteiger partial charge is 0.419 e. The molecular weight excluding hydrogens is 389 g/mol. The largest absolute Gasteiger partial charge is 0.445 e. The van der Waals surface area contributed by atoms with Crippen LogP contribution >= 0.6 is 0 Å². The van der Waals surface area contributed by atoms with Crippen molar-refractivity contribution in [1.82, 2.24) is 0 Å². The maximum absolute atomic E-state index is 12.9. The maximum atomic E-state index is 12.9. The molecule has 2 aromatic carbocycles. The molecule has 2 aromatic rings. The van der Waals surface area contributed by atoms with Crippen molar-refractivity contribution in [3.63, 3.8) is 0 Å². The number of benzene rings is 2. The monoisotopic (exact) mass is 408 g/mol. The van der Waals surface area contributed by atoms with Gasteiger partial charge in [0.15, 0.2) is 0 Å². The molecule has 0 saturated heterocycles. The van der Waals surface area contributed by atoms with Gasteiger partial charge in [-0.1, -0.05) is 24.8 Å². The first kappa shape index (κ1) is 21.8. The lowest BCUT2D eigenvalue weighted by Gasteiger charge is -2.21. The molecule has 0 fully saturated rings. The maximum Gasteiger partial charge on any atom is 0.419 e. The van der Waals surface area contributed by atoms with Crippen molar-refractivity contribution < 1.29 is 32.2 Å². The first-order valence-electron chi connectivity index (χ1n) is 8.56. The van der Waals surface area contributed by atoms with Gasteiger partial charge in [0.25, 0.3) is 0 Å². The van der Waals surface area contributed by atoms with E-state index in [4.69, 9.17) is 9.47 Å². The summed E-state index contributed by atoms with van der Waals surface area (Å²) in [6.07, 6.45) is -4.70. The number of hydrogen-bond acceptors (Lipinski definition) is 4. The fraction of sp³-hybridized carbons (Fsp3) is 0.200. The van der Waals surface area contributed by atoms with Crippen LogP contribution in [0.25, 0.3) is 0 Å². The fourth-order valence-electron chi connectivity index (χ4n) is 2.35. The van der Waals surface area contributed by atoms with E-state index in [1.165, 1.54) is 36.4 Å². The number of alkyl halides is 3. The summed E-state index contributed by atoms with van der Waals surface area (Å²) in [5, 5.41) is 2.45. The van der Waals surface area contributed by atoms with Gasteiger partial charge in [0.2, 0.25) is 0 Å². The highest BCUT2D eigenvalue weighted by atomic mass is 19.4. The van der Waals surface area contributed by atoms with Crippen molar-refractivity contribution in [1.29, 1.82) is 0 Å². The molecule has 0 heterocycles. The molecule has 6 nitrogen and oxygen atoms in total. The van der Waals surface area contributed by atoms with Crippen LogP contribution in [0.3, 0.4) is 0 Å². The SMILES string of the molecule is C=CCOC(=O)Nc1cccc(OC(=O)N(CC)c2cccc(C(F)(F)F)c2)c1. The number of rotatable bonds is 6. The minimum Gasteiger partial charge on any atom is -0.445 e. The number of hydrogen-bond donors (Lipinski definition) is 1. The number of anilines is 2. The van der Waals surface area contributed by atoms with Crippen molar-refractivity contribution in [3.8, 4) is 5.75 Å². The molecule has 0 aliphatic heterocycles. The second-order valence-corrected chi connectivity index (χ2v) is 5.70. The summed E-state index contributed by atoms with van der Waals surface area (Å²) in [5.74, 6) is 0.0990. The van der Waals surface area contributed by atoms with Crippen LogP contribution in [0.15, 0.2) is 61.2 Å². The van der Waals surface area contributed by atoms with Crippen molar-refractivity contribution in [2.75, 3.05) is 23.4 Å². The first-order valence-corrected chi connectivity index (χ1v) is 8.56. The first-order chi connectivity index (χ1) is 13.7. The second-order valence-electron chi connectivity index (χ2n) is 5.70. The molecule has 0 bridgehead atoms. The summed E-state index contributed by atoms with van der Waals surface area (Å²) in [4.78, 5) is 25.1. The predicted octanol–water partition coefficient (Wildman–Crippen LogP) is 5.47. The molecule has 9 heteroatoms. The summed E-state index contributed by atoms with van der Waals surface area (Å²) >= 11 is 0. The average molecular weight is 408 g/mol. The molecule has 0 atom stereocenters. The zero-order valence-electron chi connectivity index (χ0n) is 15.5. The Morgan fingerprint density at radius 2 is 1.90 bits per heavy atom. The Hall–Kier alpha value is -3.49.